The third-order valence-corrected chi connectivity index (χ3v) is 6.84. The largest absolute Gasteiger partial charge is 0.381 e. The van der Waals surface area contributed by atoms with Crippen molar-refractivity contribution in [2.24, 2.45) is 0 Å². The first-order chi connectivity index (χ1) is 19.0. The van der Waals surface area contributed by atoms with E-state index in [1.165, 1.54) is 20.4 Å². The van der Waals surface area contributed by atoms with Gasteiger partial charge in [0.15, 0.2) is 11.5 Å². The highest BCUT2D eigenvalue weighted by atomic mass is 32.1. The van der Waals surface area contributed by atoms with Crippen LogP contribution in [0.25, 0.3) is 34.4 Å². The number of benzene rings is 2. The number of rotatable bonds is 6. The van der Waals surface area contributed by atoms with Crippen LogP contribution in [0.1, 0.15) is 40.4 Å². The van der Waals surface area contributed by atoms with E-state index >= 15 is 0 Å². The molecule has 192 valence electrons. The van der Waals surface area contributed by atoms with Gasteiger partial charge in [-0.15, -0.1) is 16.4 Å². The van der Waals surface area contributed by atoms with Gasteiger partial charge in [-0.3, -0.25) is 14.2 Å². The number of hydrogen-bond acceptors (Lipinski definition) is 8. The Balaban J connectivity index is 1.47. The normalized spacial score (nSPS) is 12.3. The Morgan fingerprint density at radius 1 is 1.08 bits per heavy atom. The number of aromatic nitrogens is 6. The van der Waals surface area contributed by atoms with Crippen molar-refractivity contribution < 1.29 is 4.79 Å². The number of nitrogens with two attached hydrogens (primary N) is 1. The predicted molar refractivity (Wildman–Crippen MR) is 152 cm³/mol. The molecule has 4 heterocycles. The van der Waals surface area contributed by atoms with Crippen molar-refractivity contribution >= 4 is 51.8 Å². The second-order valence-electron chi connectivity index (χ2n) is 8.78. The van der Waals surface area contributed by atoms with E-state index in [9.17, 15) is 9.59 Å². The summed E-state index contributed by atoms with van der Waals surface area (Å²) in [5.41, 5.74) is 10.7. The minimum absolute atomic E-state index is 0.0573. The van der Waals surface area contributed by atoms with Crippen molar-refractivity contribution in [1.82, 2.24) is 34.4 Å². The number of carbonyl (C=O) groups is 1. The van der Waals surface area contributed by atoms with E-state index in [0.717, 1.165) is 11.3 Å². The molecule has 1 atom stereocenters. The van der Waals surface area contributed by atoms with Gasteiger partial charge in [0, 0.05) is 17.8 Å². The maximum absolute atomic E-state index is 14.1. The van der Waals surface area contributed by atoms with Gasteiger partial charge in [0.25, 0.3) is 11.5 Å². The molecule has 0 aliphatic heterocycles. The summed E-state index contributed by atoms with van der Waals surface area (Å²) in [6.07, 6.45) is 6.96. The molecule has 2 aromatic carbocycles. The Labute approximate surface area is 226 Å². The molecule has 0 aliphatic rings. The number of carbonyl (C=O) groups excluding carboxylic acids is 1. The summed E-state index contributed by atoms with van der Waals surface area (Å²) >= 11 is 1.50. The zero-order valence-electron chi connectivity index (χ0n) is 20.7. The topological polar surface area (TPSA) is 133 Å². The summed E-state index contributed by atoms with van der Waals surface area (Å²) in [5, 5.41) is 9.50. The molecule has 0 bridgehead atoms. The number of fused-ring (bicyclic) bond motifs is 2. The van der Waals surface area contributed by atoms with E-state index in [4.69, 9.17) is 10.7 Å². The van der Waals surface area contributed by atoms with Crippen molar-refractivity contribution in [2.45, 2.75) is 13.0 Å². The molecule has 10 nitrogen and oxygen atoms in total. The monoisotopic (exact) mass is 534 g/mol. The highest BCUT2D eigenvalue weighted by molar-refractivity contribution is 7.07. The minimum atomic E-state index is -0.665. The van der Waals surface area contributed by atoms with Crippen molar-refractivity contribution in [3.63, 3.8) is 0 Å². The fourth-order valence-corrected chi connectivity index (χ4v) is 4.99. The van der Waals surface area contributed by atoms with Crippen LogP contribution in [-0.2, 0) is 0 Å². The second-order valence-corrected chi connectivity index (χ2v) is 9.50. The summed E-state index contributed by atoms with van der Waals surface area (Å²) in [6.45, 7) is 1.77. The molecule has 6 rings (SSSR count). The molecular weight excluding hydrogens is 512 g/mol. The zero-order valence-corrected chi connectivity index (χ0v) is 21.5. The molecule has 11 heteroatoms. The summed E-state index contributed by atoms with van der Waals surface area (Å²) in [4.78, 5) is 40.9. The molecule has 6 aromatic rings. The Morgan fingerprint density at radius 2 is 1.92 bits per heavy atom. The Hall–Kier alpha value is -5.16. The summed E-state index contributed by atoms with van der Waals surface area (Å²) < 4.78 is 2.98. The first kappa shape index (κ1) is 24.2. The van der Waals surface area contributed by atoms with Crippen LogP contribution in [0.15, 0.2) is 82.7 Å². The van der Waals surface area contributed by atoms with Crippen LogP contribution in [0.3, 0.4) is 0 Å². The van der Waals surface area contributed by atoms with Crippen LogP contribution in [-0.4, -0.2) is 35.0 Å². The SMILES string of the molecule is C[C@@H](NC(=O)c1c(N)nn2cccnc12)c1nc2cccc(/C=C/c3cscn3)c2c(=O)n1-c1ccccc1. The van der Waals surface area contributed by atoms with Crippen molar-refractivity contribution in [2.75, 3.05) is 5.73 Å². The fraction of sp³-hybridized carbons (Fsp3) is 0.0714. The molecule has 0 unspecified atom stereocenters. The molecule has 4 aromatic heterocycles. The first-order valence-corrected chi connectivity index (χ1v) is 13.0. The lowest BCUT2D eigenvalue weighted by Crippen LogP contribution is -2.33. The highest BCUT2D eigenvalue weighted by Gasteiger charge is 2.24. The lowest BCUT2D eigenvalue weighted by atomic mass is 10.1. The summed E-state index contributed by atoms with van der Waals surface area (Å²) in [7, 11) is 0. The number of para-hydroxylation sites is 1. The minimum Gasteiger partial charge on any atom is -0.381 e. The Bertz CT molecular complexity index is 1910. The second kappa shape index (κ2) is 9.95. The first-order valence-electron chi connectivity index (χ1n) is 12.1. The molecule has 0 fully saturated rings. The zero-order chi connectivity index (χ0) is 26.9. The smallest absolute Gasteiger partial charge is 0.266 e. The van der Waals surface area contributed by atoms with Gasteiger partial charge in [-0.1, -0.05) is 36.4 Å². The fourth-order valence-electron chi connectivity index (χ4n) is 4.46. The highest BCUT2D eigenvalue weighted by Crippen LogP contribution is 2.23. The number of anilines is 1. The van der Waals surface area contributed by atoms with E-state index in [2.05, 4.69) is 20.4 Å². The van der Waals surface area contributed by atoms with E-state index in [1.807, 2.05) is 60.0 Å². The van der Waals surface area contributed by atoms with Gasteiger partial charge in [-0.25, -0.2) is 19.5 Å². The quantitative estimate of drug-likeness (QED) is 0.328. The van der Waals surface area contributed by atoms with Crippen LogP contribution in [0.5, 0.6) is 0 Å². The van der Waals surface area contributed by atoms with Crippen molar-refractivity contribution in [3.8, 4) is 5.69 Å². The van der Waals surface area contributed by atoms with Gasteiger partial charge < -0.3 is 11.1 Å². The van der Waals surface area contributed by atoms with Gasteiger partial charge in [0.05, 0.1) is 33.8 Å². The van der Waals surface area contributed by atoms with E-state index < -0.39 is 11.9 Å². The molecule has 0 radical (unpaired) electrons. The van der Waals surface area contributed by atoms with Crippen LogP contribution in [0, 0.1) is 0 Å². The molecule has 0 saturated heterocycles. The maximum Gasteiger partial charge on any atom is 0.266 e. The third kappa shape index (κ3) is 4.44. The van der Waals surface area contributed by atoms with Gasteiger partial charge in [0.1, 0.15) is 11.4 Å². The lowest BCUT2D eigenvalue weighted by molar-refractivity contribution is 0.0940. The van der Waals surface area contributed by atoms with Crippen LogP contribution in [0.2, 0.25) is 0 Å². The number of nitrogens with one attached hydrogen (secondary N) is 1. The number of nitrogen functional groups attached to an aromatic ring is 1. The third-order valence-electron chi connectivity index (χ3n) is 6.24. The van der Waals surface area contributed by atoms with E-state index in [1.54, 1.807) is 37.0 Å². The summed E-state index contributed by atoms with van der Waals surface area (Å²) in [6, 6.07) is 15.8. The number of hydrogen-bond donors (Lipinski definition) is 2. The van der Waals surface area contributed by atoms with Crippen LogP contribution in [0.4, 0.5) is 5.82 Å². The molecule has 0 aliphatic carbocycles. The van der Waals surface area contributed by atoms with Crippen molar-refractivity contribution in [1.29, 1.82) is 0 Å². The Kier molecular flexibility index (Phi) is 6.17. The molecule has 1 amide bonds. The van der Waals surface area contributed by atoms with E-state index in [-0.39, 0.29) is 16.9 Å². The molecule has 39 heavy (non-hydrogen) atoms. The van der Waals surface area contributed by atoms with Crippen molar-refractivity contribution in [3.05, 3.63) is 111 Å². The van der Waals surface area contributed by atoms with E-state index in [0.29, 0.717) is 28.1 Å². The average Bonchev–Trinajstić information content (AvgIpc) is 3.59. The summed E-state index contributed by atoms with van der Waals surface area (Å²) in [5.74, 6) is -0.0415. The van der Waals surface area contributed by atoms with Gasteiger partial charge in [0.2, 0.25) is 0 Å². The molecule has 0 saturated carbocycles. The van der Waals surface area contributed by atoms with Gasteiger partial charge >= 0.3 is 0 Å². The number of nitrogens with zero attached hydrogens (tertiary/aromatic N) is 6. The van der Waals surface area contributed by atoms with Gasteiger partial charge in [-0.05, 0) is 42.8 Å². The molecule has 0 spiro atoms. The average molecular weight is 535 g/mol. The molecular formula is C28H22N8O2S. The molecule has 3 N–H and O–H groups in total. The van der Waals surface area contributed by atoms with Crippen LogP contribution < -0.4 is 16.6 Å². The maximum atomic E-state index is 14.1. The lowest BCUT2D eigenvalue weighted by Gasteiger charge is -2.20. The van der Waals surface area contributed by atoms with Crippen LogP contribution >= 0.6 is 11.3 Å². The number of thiazole rings is 1. The Morgan fingerprint density at radius 3 is 2.72 bits per heavy atom. The number of amides is 1. The predicted octanol–water partition coefficient (Wildman–Crippen LogP) is 4.13. The standard InChI is InChI=1S/C28H22N8O2S/c1-17(32-27(37)23-24(29)34-35-14-6-13-30-26(23)35)25-33-21-10-5-7-18(11-12-19-15-39-16-31-19)22(21)28(38)36(25)20-8-3-2-4-9-20/h2-17H,1H3,(H2,29,34)(H,32,37)/b12-11+/t17-/m1/s1. The van der Waals surface area contributed by atoms with Gasteiger partial charge in [-0.2, -0.15) is 0 Å².